The molecule has 1 heteroatoms. The summed E-state index contributed by atoms with van der Waals surface area (Å²) in [4.78, 5) is 0. The van der Waals surface area contributed by atoms with E-state index in [1.165, 1.54) is 109 Å². The van der Waals surface area contributed by atoms with Gasteiger partial charge in [0.1, 0.15) is 0 Å². The summed E-state index contributed by atoms with van der Waals surface area (Å²) in [6.45, 7) is 4.65. The van der Waals surface area contributed by atoms with Crippen LogP contribution >= 0.6 is 0 Å². The molecule has 3 aliphatic rings. The van der Waals surface area contributed by atoms with E-state index in [9.17, 15) is 5.26 Å². The Labute approximate surface area is 169 Å². The summed E-state index contributed by atoms with van der Waals surface area (Å²) >= 11 is 0. The van der Waals surface area contributed by atoms with Crippen molar-refractivity contribution in [2.75, 3.05) is 0 Å². The van der Waals surface area contributed by atoms with Gasteiger partial charge in [0.25, 0.3) is 0 Å². The van der Waals surface area contributed by atoms with Gasteiger partial charge in [0.2, 0.25) is 0 Å². The molecule has 0 amide bonds. The van der Waals surface area contributed by atoms with E-state index in [-0.39, 0.29) is 5.41 Å². The first-order chi connectivity index (χ1) is 13.2. The Kier molecular flexibility index (Phi) is 8.10. The molecule has 3 saturated carbocycles. The topological polar surface area (TPSA) is 23.8 Å². The maximum atomic E-state index is 10.1. The molecule has 0 aromatic rings. The lowest BCUT2D eigenvalue weighted by Crippen LogP contribution is -2.37. The molecule has 0 aliphatic heterocycles. The molecule has 0 atom stereocenters. The van der Waals surface area contributed by atoms with Crippen LogP contribution in [-0.2, 0) is 0 Å². The SMILES string of the molecule is CCCCC1CCC(C#N)(C2CCC(C3CCC(CCC)CC3)CC2)CC1. The Morgan fingerprint density at radius 1 is 0.704 bits per heavy atom. The van der Waals surface area contributed by atoms with Crippen molar-refractivity contribution in [3.8, 4) is 6.07 Å². The van der Waals surface area contributed by atoms with Crippen LogP contribution < -0.4 is 0 Å². The molecule has 0 aromatic heterocycles. The van der Waals surface area contributed by atoms with E-state index in [2.05, 4.69) is 19.9 Å². The highest BCUT2D eigenvalue weighted by atomic mass is 14.5. The molecule has 0 spiro atoms. The van der Waals surface area contributed by atoms with Gasteiger partial charge in [-0.05, 0) is 93.8 Å². The standard InChI is InChI=1S/C26H45N/c1-3-5-7-22-16-18-26(20-27,19-17-22)25-14-12-24(13-15-25)23-10-8-21(6-4-2)9-11-23/h21-25H,3-19H2,1-2H3. The van der Waals surface area contributed by atoms with Crippen molar-refractivity contribution in [3.63, 3.8) is 0 Å². The Balaban J connectivity index is 1.45. The molecule has 1 nitrogen and oxygen atoms in total. The van der Waals surface area contributed by atoms with Crippen molar-refractivity contribution in [1.29, 1.82) is 5.26 Å². The maximum absolute atomic E-state index is 10.1. The van der Waals surface area contributed by atoms with Crippen molar-refractivity contribution >= 4 is 0 Å². The van der Waals surface area contributed by atoms with E-state index < -0.39 is 0 Å². The Morgan fingerprint density at radius 2 is 1.26 bits per heavy atom. The van der Waals surface area contributed by atoms with Crippen LogP contribution in [0.3, 0.4) is 0 Å². The zero-order chi connectivity index (χ0) is 19.1. The number of unbranched alkanes of at least 4 members (excludes halogenated alkanes) is 1. The second-order valence-corrected chi connectivity index (χ2v) is 10.5. The molecule has 154 valence electrons. The van der Waals surface area contributed by atoms with Crippen LogP contribution in [0.1, 0.15) is 123 Å². The van der Waals surface area contributed by atoms with Crippen molar-refractivity contribution in [3.05, 3.63) is 0 Å². The van der Waals surface area contributed by atoms with Crippen LogP contribution in [0.4, 0.5) is 0 Å². The summed E-state index contributed by atoms with van der Waals surface area (Å²) < 4.78 is 0. The van der Waals surface area contributed by atoms with Gasteiger partial charge in [0.15, 0.2) is 0 Å². The van der Waals surface area contributed by atoms with Crippen molar-refractivity contribution in [1.82, 2.24) is 0 Å². The van der Waals surface area contributed by atoms with Crippen LogP contribution in [0.15, 0.2) is 0 Å². The minimum Gasteiger partial charge on any atom is -0.198 e. The van der Waals surface area contributed by atoms with E-state index >= 15 is 0 Å². The van der Waals surface area contributed by atoms with Crippen LogP contribution in [0, 0.1) is 46.3 Å². The molecule has 0 aromatic carbocycles. The molecular formula is C26H45N. The third-order valence-corrected chi connectivity index (χ3v) is 8.99. The van der Waals surface area contributed by atoms with Crippen LogP contribution in [0.2, 0.25) is 0 Å². The molecule has 0 radical (unpaired) electrons. The van der Waals surface area contributed by atoms with E-state index in [0.717, 1.165) is 23.7 Å². The third-order valence-electron chi connectivity index (χ3n) is 8.99. The predicted molar refractivity (Wildman–Crippen MR) is 115 cm³/mol. The van der Waals surface area contributed by atoms with Crippen LogP contribution in [0.25, 0.3) is 0 Å². The zero-order valence-corrected chi connectivity index (χ0v) is 18.4. The molecule has 3 rings (SSSR count). The van der Waals surface area contributed by atoms with Crippen molar-refractivity contribution in [2.45, 2.75) is 123 Å². The molecule has 27 heavy (non-hydrogen) atoms. The molecule has 0 heterocycles. The lowest BCUT2D eigenvalue weighted by molar-refractivity contribution is 0.0648. The molecule has 0 saturated heterocycles. The lowest BCUT2D eigenvalue weighted by atomic mass is 9.58. The minimum atomic E-state index is 0.0481. The van der Waals surface area contributed by atoms with E-state index in [0.29, 0.717) is 5.92 Å². The number of nitriles is 1. The fraction of sp³-hybridized carbons (Fsp3) is 0.962. The molecule has 3 aliphatic carbocycles. The maximum Gasteiger partial charge on any atom is 0.0692 e. The Morgan fingerprint density at radius 3 is 1.78 bits per heavy atom. The molecule has 3 fully saturated rings. The van der Waals surface area contributed by atoms with E-state index in [1.807, 2.05) is 0 Å². The highest BCUT2D eigenvalue weighted by Crippen LogP contribution is 2.52. The van der Waals surface area contributed by atoms with Crippen LogP contribution in [0.5, 0.6) is 0 Å². The molecule has 0 unspecified atom stereocenters. The first-order valence-corrected chi connectivity index (χ1v) is 12.6. The summed E-state index contributed by atoms with van der Waals surface area (Å²) in [5.74, 6) is 4.66. The number of nitrogens with zero attached hydrogens (tertiary/aromatic N) is 1. The van der Waals surface area contributed by atoms with Gasteiger partial charge in [-0.15, -0.1) is 0 Å². The molecule has 0 N–H and O–H groups in total. The van der Waals surface area contributed by atoms with Crippen molar-refractivity contribution < 1.29 is 0 Å². The number of hydrogen-bond donors (Lipinski definition) is 0. The number of hydrogen-bond acceptors (Lipinski definition) is 1. The van der Waals surface area contributed by atoms with E-state index in [1.54, 1.807) is 0 Å². The van der Waals surface area contributed by atoms with Gasteiger partial charge in [-0.25, -0.2) is 0 Å². The summed E-state index contributed by atoms with van der Waals surface area (Å²) in [5.41, 5.74) is 0.0481. The van der Waals surface area contributed by atoms with Crippen LogP contribution in [-0.4, -0.2) is 0 Å². The van der Waals surface area contributed by atoms with Gasteiger partial charge in [0, 0.05) is 0 Å². The number of rotatable bonds is 7. The second kappa shape index (κ2) is 10.3. The monoisotopic (exact) mass is 371 g/mol. The van der Waals surface area contributed by atoms with E-state index in [4.69, 9.17) is 0 Å². The summed E-state index contributed by atoms with van der Waals surface area (Å²) in [5, 5.41) is 10.1. The van der Waals surface area contributed by atoms with Gasteiger partial charge in [-0.2, -0.15) is 5.26 Å². The fourth-order valence-electron chi connectivity index (χ4n) is 7.09. The predicted octanol–water partition coefficient (Wildman–Crippen LogP) is 8.29. The van der Waals surface area contributed by atoms with Gasteiger partial charge in [-0.3, -0.25) is 0 Å². The fourth-order valence-corrected chi connectivity index (χ4v) is 7.09. The van der Waals surface area contributed by atoms with Crippen molar-refractivity contribution in [2.24, 2.45) is 35.0 Å². The van der Waals surface area contributed by atoms with Gasteiger partial charge >= 0.3 is 0 Å². The smallest absolute Gasteiger partial charge is 0.0692 e. The first-order valence-electron chi connectivity index (χ1n) is 12.6. The third kappa shape index (κ3) is 5.31. The zero-order valence-electron chi connectivity index (χ0n) is 18.4. The quantitative estimate of drug-likeness (QED) is 0.441. The highest BCUT2D eigenvalue weighted by molar-refractivity contribution is 5.06. The lowest BCUT2D eigenvalue weighted by Gasteiger charge is -2.45. The first kappa shape index (κ1) is 21.2. The highest BCUT2D eigenvalue weighted by Gasteiger charge is 2.44. The summed E-state index contributed by atoms with van der Waals surface area (Å²) in [6.07, 6.45) is 23.6. The molecule has 0 bridgehead atoms. The largest absolute Gasteiger partial charge is 0.198 e. The molecular weight excluding hydrogens is 326 g/mol. The second-order valence-electron chi connectivity index (χ2n) is 10.5. The Hall–Kier alpha value is -0.510. The van der Waals surface area contributed by atoms with Gasteiger partial charge in [-0.1, -0.05) is 58.8 Å². The summed E-state index contributed by atoms with van der Waals surface area (Å²) in [7, 11) is 0. The van der Waals surface area contributed by atoms with Gasteiger partial charge in [0.05, 0.1) is 11.5 Å². The minimum absolute atomic E-state index is 0.0481. The normalized spacial score (nSPS) is 40.4. The summed E-state index contributed by atoms with van der Waals surface area (Å²) in [6, 6.07) is 2.88. The van der Waals surface area contributed by atoms with Gasteiger partial charge < -0.3 is 0 Å². The Bertz CT molecular complexity index is 451. The average molecular weight is 372 g/mol. The average Bonchev–Trinajstić information content (AvgIpc) is 2.74.